The summed E-state index contributed by atoms with van der Waals surface area (Å²) in [5.74, 6) is 0.108. The van der Waals surface area contributed by atoms with Crippen molar-refractivity contribution < 1.29 is 14.0 Å². The van der Waals surface area contributed by atoms with Crippen molar-refractivity contribution in [1.29, 1.82) is 0 Å². The van der Waals surface area contributed by atoms with E-state index in [0.717, 1.165) is 24.0 Å². The molecule has 0 radical (unpaired) electrons. The summed E-state index contributed by atoms with van der Waals surface area (Å²) in [5, 5.41) is 0. The minimum absolute atomic E-state index is 0.110. The van der Waals surface area contributed by atoms with Crippen LogP contribution in [0.1, 0.15) is 31.7 Å². The van der Waals surface area contributed by atoms with Gasteiger partial charge in [-0.2, -0.15) is 0 Å². The Bertz CT molecular complexity index is 927. The molecule has 152 valence electrons. The Labute approximate surface area is 170 Å². The molecule has 1 heterocycles. The van der Waals surface area contributed by atoms with Crippen LogP contribution in [0.25, 0.3) is 11.1 Å². The molecule has 2 aromatic rings. The first-order valence-corrected chi connectivity index (χ1v) is 10.3. The molecule has 4 nitrogen and oxygen atoms in total. The third-order valence-corrected chi connectivity index (χ3v) is 6.52. The number of amides is 2. The molecule has 4 rings (SSSR count). The number of nitrogens with two attached hydrogens (primary N) is 1. The number of halogens is 1. The van der Waals surface area contributed by atoms with Crippen molar-refractivity contribution in [1.82, 2.24) is 4.90 Å². The van der Waals surface area contributed by atoms with E-state index < -0.39 is 5.41 Å². The van der Waals surface area contributed by atoms with E-state index >= 15 is 0 Å². The SMILES string of the molecule is C[C@@H]1C[C@@H]1C(=O)N1CCC[C@@](Cc2ccc(-c3ccccc3F)cc2)(C(N)=O)C1. The van der Waals surface area contributed by atoms with Gasteiger partial charge in [0.1, 0.15) is 5.82 Å². The number of benzene rings is 2. The van der Waals surface area contributed by atoms with Crippen LogP contribution in [-0.2, 0) is 16.0 Å². The molecule has 1 saturated carbocycles. The zero-order valence-corrected chi connectivity index (χ0v) is 16.7. The standard InChI is InChI=1S/C24H27FN2O2/c1-16-13-20(16)22(28)27-12-4-11-24(15-27,23(26)29)14-17-7-9-18(10-8-17)19-5-2-3-6-21(19)25/h2-3,5-10,16,20H,4,11-15H2,1H3,(H2,26,29)/t16-,20+,24+/m1/s1. The van der Waals surface area contributed by atoms with E-state index in [1.165, 1.54) is 6.07 Å². The van der Waals surface area contributed by atoms with Gasteiger partial charge in [0.15, 0.2) is 0 Å². The first-order valence-electron chi connectivity index (χ1n) is 10.3. The molecule has 1 aliphatic carbocycles. The number of hydrogen-bond acceptors (Lipinski definition) is 2. The Morgan fingerprint density at radius 1 is 1.17 bits per heavy atom. The molecule has 2 fully saturated rings. The number of rotatable bonds is 5. The Hall–Kier alpha value is -2.69. The monoisotopic (exact) mass is 394 g/mol. The summed E-state index contributed by atoms with van der Waals surface area (Å²) in [6, 6.07) is 14.3. The van der Waals surface area contributed by atoms with E-state index in [4.69, 9.17) is 5.73 Å². The van der Waals surface area contributed by atoms with Crippen molar-refractivity contribution in [3.8, 4) is 11.1 Å². The number of carbonyl (C=O) groups is 2. The molecule has 0 unspecified atom stereocenters. The van der Waals surface area contributed by atoms with Crippen molar-refractivity contribution in [2.75, 3.05) is 13.1 Å². The second-order valence-corrected chi connectivity index (χ2v) is 8.68. The Morgan fingerprint density at radius 2 is 1.86 bits per heavy atom. The third-order valence-electron chi connectivity index (χ3n) is 6.52. The van der Waals surface area contributed by atoms with Gasteiger partial charge in [-0.15, -0.1) is 0 Å². The van der Waals surface area contributed by atoms with Crippen LogP contribution in [0.3, 0.4) is 0 Å². The van der Waals surface area contributed by atoms with Gasteiger partial charge in [0, 0.05) is 24.6 Å². The predicted octanol–water partition coefficient (Wildman–Crippen LogP) is 3.79. The summed E-state index contributed by atoms with van der Waals surface area (Å²) in [6.45, 7) is 3.17. The van der Waals surface area contributed by atoms with Crippen molar-refractivity contribution in [2.45, 2.75) is 32.6 Å². The maximum Gasteiger partial charge on any atom is 0.225 e. The molecule has 2 amide bonds. The van der Waals surface area contributed by atoms with Crippen LogP contribution in [0, 0.1) is 23.1 Å². The van der Waals surface area contributed by atoms with E-state index in [-0.39, 0.29) is 23.5 Å². The highest BCUT2D eigenvalue weighted by Crippen LogP contribution is 2.42. The molecule has 1 saturated heterocycles. The molecule has 1 aliphatic heterocycles. The van der Waals surface area contributed by atoms with Gasteiger partial charge >= 0.3 is 0 Å². The topological polar surface area (TPSA) is 63.4 Å². The zero-order chi connectivity index (χ0) is 20.6. The largest absolute Gasteiger partial charge is 0.369 e. The first kappa shape index (κ1) is 19.6. The van der Waals surface area contributed by atoms with E-state index in [1.54, 1.807) is 12.1 Å². The number of hydrogen-bond donors (Lipinski definition) is 1. The average Bonchev–Trinajstić information content (AvgIpc) is 3.45. The minimum atomic E-state index is -0.744. The first-order chi connectivity index (χ1) is 13.9. The molecule has 2 aliphatic rings. The van der Waals surface area contributed by atoms with Crippen molar-refractivity contribution in [2.24, 2.45) is 23.0 Å². The lowest BCUT2D eigenvalue weighted by atomic mass is 9.74. The minimum Gasteiger partial charge on any atom is -0.369 e. The van der Waals surface area contributed by atoms with Gasteiger partial charge in [-0.25, -0.2) is 4.39 Å². The number of likely N-dealkylation sites (tertiary alicyclic amines) is 1. The van der Waals surface area contributed by atoms with Gasteiger partial charge in [0.2, 0.25) is 11.8 Å². The van der Waals surface area contributed by atoms with E-state index in [0.29, 0.717) is 37.4 Å². The molecular weight excluding hydrogens is 367 g/mol. The predicted molar refractivity (Wildman–Crippen MR) is 110 cm³/mol. The molecule has 2 N–H and O–H groups in total. The Balaban J connectivity index is 1.53. The normalized spacial score (nSPS) is 26.2. The second kappa shape index (κ2) is 7.62. The Kier molecular flexibility index (Phi) is 5.15. The van der Waals surface area contributed by atoms with Crippen molar-refractivity contribution in [3.05, 3.63) is 59.9 Å². The summed E-state index contributed by atoms with van der Waals surface area (Å²) >= 11 is 0. The summed E-state index contributed by atoms with van der Waals surface area (Å²) < 4.78 is 14.0. The second-order valence-electron chi connectivity index (χ2n) is 8.68. The van der Waals surface area contributed by atoms with Gasteiger partial charge in [0.05, 0.1) is 5.41 Å². The van der Waals surface area contributed by atoms with E-state index in [9.17, 15) is 14.0 Å². The van der Waals surface area contributed by atoms with Gasteiger partial charge in [0.25, 0.3) is 0 Å². The van der Waals surface area contributed by atoms with E-state index in [2.05, 4.69) is 6.92 Å². The highest BCUT2D eigenvalue weighted by molar-refractivity contribution is 5.85. The van der Waals surface area contributed by atoms with Crippen LogP contribution in [0.2, 0.25) is 0 Å². The number of primary amides is 1. The molecule has 3 atom stereocenters. The Morgan fingerprint density at radius 3 is 2.48 bits per heavy atom. The number of piperidine rings is 1. The summed E-state index contributed by atoms with van der Waals surface area (Å²) in [6.07, 6.45) is 2.89. The van der Waals surface area contributed by atoms with Gasteiger partial charge < -0.3 is 10.6 Å². The fourth-order valence-electron chi connectivity index (χ4n) is 4.54. The molecule has 0 bridgehead atoms. The lowest BCUT2D eigenvalue weighted by Crippen LogP contribution is -2.53. The fourth-order valence-corrected chi connectivity index (χ4v) is 4.54. The molecule has 0 spiro atoms. The maximum absolute atomic E-state index is 14.0. The fraction of sp³-hybridized carbons (Fsp3) is 0.417. The van der Waals surface area contributed by atoms with Crippen molar-refractivity contribution >= 4 is 11.8 Å². The smallest absolute Gasteiger partial charge is 0.225 e. The van der Waals surface area contributed by atoms with Gasteiger partial charge in [-0.1, -0.05) is 49.4 Å². The number of carbonyl (C=O) groups excluding carboxylic acids is 2. The summed E-state index contributed by atoms with van der Waals surface area (Å²) in [7, 11) is 0. The lowest BCUT2D eigenvalue weighted by molar-refractivity contribution is -0.141. The highest BCUT2D eigenvalue weighted by Gasteiger charge is 2.47. The van der Waals surface area contributed by atoms with Crippen molar-refractivity contribution in [3.63, 3.8) is 0 Å². The third kappa shape index (κ3) is 3.91. The lowest BCUT2D eigenvalue weighted by Gasteiger charge is -2.41. The zero-order valence-electron chi connectivity index (χ0n) is 16.7. The van der Waals surface area contributed by atoms with Crippen LogP contribution in [0.5, 0.6) is 0 Å². The van der Waals surface area contributed by atoms with Crippen LogP contribution in [0.15, 0.2) is 48.5 Å². The average molecular weight is 394 g/mol. The number of nitrogens with zero attached hydrogens (tertiary/aromatic N) is 1. The summed E-state index contributed by atoms with van der Waals surface area (Å²) in [5.41, 5.74) is 7.42. The maximum atomic E-state index is 14.0. The molecule has 5 heteroatoms. The molecule has 2 aromatic carbocycles. The quantitative estimate of drug-likeness (QED) is 0.839. The van der Waals surface area contributed by atoms with E-state index in [1.807, 2.05) is 35.2 Å². The summed E-state index contributed by atoms with van der Waals surface area (Å²) in [4.78, 5) is 27.0. The van der Waals surface area contributed by atoms with Gasteiger partial charge in [-0.3, -0.25) is 9.59 Å². The molecule has 29 heavy (non-hydrogen) atoms. The van der Waals surface area contributed by atoms with Crippen LogP contribution < -0.4 is 5.73 Å². The van der Waals surface area contributed by atoms with Crippen LogP contribution >= 0.6 is 0 Å². The highest BCUT2D eigenvalue weighted by atomic mass is 19.1. The van der Waals surface area contributed by atoms with Crippen LogP contribution in [0.4, 0.5) is 4.39 Å². The molecular formula is C24H27FN2O2. The van der Waals surface area contributed by atoms with Gasteiger partial charge in [-0.05, 0) is 48.8 Å². The van der Waals surface area contributed by atoms with Crippen LogP contribution in [-0.4, -0.2) is 29.8 Å². The molecule has 0 aromatic heterocycles.